The van der Waals surface area contributed by atoms with Gasteiger partial charge in [-0.3, -0.25) is 0 Å². The van der Waals surface area contributed by atoms with E-state index in [1.54, 1.807) is 0 Å². The van der Waals surface area contributed by atoms with Crippen molar-refractivity contribution in [2.45, 2.75) is 122 Å². The lowest BCUT2D eigenvalue weighted by Gasteiger charge is -2.40. The maximum atomic E-state index is 10.2. The third-order valence-corrected chi connectivity index (χ3v) is 8.24. The van der Waals surface area contributed by atoms with Crippen LogP contribution in [0.4, 0.5) is 0 Å². The summed E-state index contributed by atoms with van der Waals surface area (Å²) in [6.07, 6.45) is 4.72. The van der Waals surface area contributed by atoms with E-state index in [-0.39, 0.29) is 23.9 Å². The lowest BCUT2D eigenvalue weighted by molar-refractivity contribution is 0.0148. The molecule has 2 unspecified atom stereocenters. The number of allylic oxidation sites excluding steroid dienone is 4. The SMILES string of the molecule is C/C(=C\C=C(/C)c1ccc(C)cc1)Cc1cc(C(C)(C)[C@H](C)C(C)[C@H](C)C(O)CO)ccc1C.CC.CC.CC. The van der Waals surface area contributed by atoms with Crippen LogP contribution in [0.2, 0.25) is 0 Å². The first-order valence-electron chi connectivity index (χ1n) is 15.7. The largest absolute Gasteiger partial charge is 0.394 e. The van der Waals surface area contributed by atoms with Gasteiger partial charge in [0.25, 0.3) is 0 Å². The molecule has 40 heavy (non-hydrogen) atoms. The lowest BCUT2D eigenvalue weighted by Crippen LogP contribution is -2.38. The molecule has 228 valence electrons. The molecule has 0 saturated heterocycles. The second-order valence-corrected chi connectivity index (χ2v) is 11.0. The summed E-state index contributed by atoms with van der Waals surface area (Å²) >= 11 is 0. The Morgan fingerprint density at radius 2 is 1.32 bits per heavy atom. The maximum absolute atomic E-state index is 10.2. The van der Waals surface area contributed by atoms with Gasteiger partial charge >= 0.3 is 0 Å². The molecule has 0 heterocycles. The van der Waals surface area contributed by atoms with Crippen LogP contribution in [0.5, 0.6) is 0 Å². The number of hydrogen-bond acceptors (Lipinski definition) is 2. The van der Waals surface area contributed by atoms with Crippen LogP contribution >= 0.6 is 0 Å². The Kier molecular flexibility index (Phi) is 20.7. The molecule has 2 aromatic rings. The molecule has 0 bridgehead atoms. The number of aryl methyl sites for hydroxylation is 2. The fourth-order valence-corrected chi connectivity index (χ4v) is 4.69. The molecule has 2 rings (SSSR count). The van der Waals surface area contributed by atoms with Gasteiger partial charge in [-0.25, -0.2) is 0 Å². The van der Waals surface area contributed by atoms with Gasteiger partial charge in [0.2, 0.25) is 0 Å². The molecule has 2 aromatic carbocycles. The summed E-state index contributed by atoms with van der Waals surface area (Å²) in [6, 6.07) is 15.6. The zero-order valence-electron chi connectivity index (χ0n) is 28.8. The summed E-state index contributed by atoms with van der Waals surface area (Å²) in [5.74, 6) is 0.660. The van der Waals surface area contributed by atoms with Crippen molar-refractivity contribution in [2.75, 3.05) is 6.61 Å². The van der Waals surface area contributed by atoms with Gasteiger partial charge in [0.05, 0.1) is 12.7 Å². The third kappa shape index (κ3) is 12.1. The fourth-order valence-electron chi connectivity index (χ4n) is 4.69. The molecule has 0 aliphatic rings. The fraction of sp³-hybridized carbons (Fsp3) is 0.579. The number of rotatable bonds is 10. The van der Waals surface area contributed by atoms with E-state index >= 15 is 0 Å². The first kappa shape index (κ1) is 40.0. The number of hydrogen-bond donors (Lipinski definition) is 2. The van der Waals surface area contributed by atoms with Crippen LogP contribution in [0.25, 0.3) is 5.57 Å². The summed E-state index contributed by atoms with van der Waals surface area (Å²) < 4.78 is 0. The monoisotopic (exact) mass is 552 g/mol. The molecule has 0 aliphatic heterocycles. The van der Waals surface area contributed by atoms with Gasteiger partial charge in [-0.15, -0.1) is 0 Å². The van der Waals surface area contributed by atoms with E-state index < -0.39 is 6.10 Å². The highest BCUT2D eigenvalue weighted by molar-refractivity contribution is 5.65. The highest BCUT2D eigenvalue weighted by atomic mass is 16.3. The molecule has 2 nitrogen and oxygen atoms in total. The van der Waals surface area contributed by atoms with Crippen molar-refractivity contribution in [3.63, 3.8) is 0 Å². The molecule has 0 aromatic heterocycles. The number of aliphatic hydroxyl groups excluding tert-OH is 2. The second kappa shape index (κ2) is 20.7. The normalized spacial score (nSPS) is 14.7. The molecule has 0 spiro atoms. The number of aliphatic hydroxyl groups is 2. The second-order valence-electron chi connectivity index (χ2n) is 11.0. The Hall–Kier alpha value is -2.16. The topological polar surface area (TPSA) is 40.5 Å². The van der Waals surface area contributed by atoms with Crippen molar-refractivity contribution in [1.82, 2.24) is 0 Å². The van der Waals surface area contributed by atoms with Gasteiger partial charge < -0.3 is 10.2 Å². The first-order chi connectivity index (χ1) is 18.9. The molecular formula is C38H64O2. The van der Waals surface area contributed by atoms with Gasteiger partial charge in [0.15, 0.2) is 0 Å². The van der Waals surface area contributed by atoms with Crippen LogP contribution in [0, 0.1) is 31.6 Å². The van der Waals surface area contributed by atoms with Crippen molar-refractivity contribution in [3.05, 3.63) is 88.0 Å². The average Bonchev–Trinajstić information content (AvgIpc) is 2.98. The number of benzene rings is 2. The van der Waals surface area contributed by atoms with E-state index in [9.17, 15) is 10.2 Å². The predicted molar refractivity (Wildman–Crippen MR) is 181 cm³/mol. The van der Waals surface area contributed by atoms with Crippen LogP contribution in [0.15, 0.2) is 60.2 Å². The lowest BCUT2D eigenvalue weighted by atomic mass is 9.65. The van der Waals surface area contributed by atoms with E-state index in [2.05, 4.69) is 110 Å². The van der Waals surface area contributed by atoms with E-state index in [1.807, 2.05) is 48.5 Å². The van der Waals surface area contributed by atoms with Crippen LogP contribution in [0.3, 0.4) is 0 Å². The van der Waals surface area contributed by atoms with Gasteiger partial charge in [0.1, 0.15) is 0 Å². The summed E-state index contributed by atoms with van der Waals surface area (Å²) in [7, 11) is 0. The summed E-state index contributed by atoms with van der Waals surface area (Å²) in [4.78, 5) is 0. The van der Waals surface area contributed by atoms with Crippen molar-refractivity contribution in [2.24, 2.45) is 17.8 Å². The van der Waals surface area contributed by atoms with Gasteiger partial charge in [-0.2, -0.15) is 0 Å². The zero-order valence-corrected chi connectivity index (χ0v) is 28.8. The van der Waals surface area contributed by atoms with Gasteiger partial charge in [-0.05, 0) is 85.1 Å². The smallest absolute Gasteiger partial charge is 0.0799 e. The molecular weight excluding hydrogens is 488 g/mol. The Balaban J connectivity index is 0. The van der Waals surface area contributed by atoms with Crippen LogP contribution in [-0.4, -0.2) is 22.9 Å². The minimum absolute atomic E-state index is 0.0397. The standard InChI is InChI=1S/C32H46O2.3C2H6/c1-21-11-15-28(16-12-21)23(3)13-10-22(2)18-29-19-30(17-14-24(29)4)32(8,9)27(7)25(5)26(6)31(34)20-33;3*1-2/h10-17,19,25-27,31,33-34H,18,20H2,1-9H3;3*1-2H3/b22-10+,23-13+;;;/t25?,26-,27+,31?;;;/m0.../s1. The van der Waals surface area contributed by atoms with E-state index in [0.29, 0.717) is 5.92 Å². The van der Waals surface area contributed by atoms with Crippen LogP contribution in [-0.2, 0) is 11.8 Å². The van der Waals surface area contributed by atoms with Crippen molar-refractivity contribution < 1.29 is 10.2 Å². The molecule has 0 amide bonds. The average molecular weight is 553 g/mol. The van der Waals surface area contributed by atoms with E-state index in [0.717, 1.165) is 6.42 Å². The van der Waals surface area contributed by atoms with Crippen molar-refractivity contribution >= 4 is 5.57 Å². The molecule has 0 radical (unpaired) electrons. The molecule has 0 saturated carbocycles. The molecule has 2 N–H and O–H groups in total. The molecule has 4 atom stereocenters. The highest BCUT2D eigenvalue weighted by Gasteiger charge is 2.35. The molecule has 0 fully saturated rings. The quantitative estimate of drug-likeness (QED) is 0.288. The van der Waals surface area contributed by atoms with E-state index in [4.69, 9.17) is 0 Å². The van der Waals surface area contributed by atoms with Crippen LogP contribution < -0.4 is 0 Å². The minimum atomic E-state index is -0.675. The van der Waals surface area contributed by atoms with Crippen LogP contribution in [0.1, 0.15) is 118 Å². The van der Waals surface area contributed by atoms with Crippen molar-refractivity contribution in [1.29, 1.82) is 0 Å². The molecule has 2 heteroatoms. The van der Waals surface area contributed by atoms with Crippen molar-refractivity contribution in [3.8, 4) is 0 Å². The summed E-state index contributed by atoms with van der Waals surface area (Å²) in [5.41, 5.74) is 9.11. The predicted octanol–water partition coefficient (Wildman–Crippen LogP) is 10.5. The highest BCUT2D eigenvalue weighted by Crippen LogP contribution is 2.40. The Bertz CT molecular complexity index is 995. The molecule has 0 aliphatic carbocycles. The first-order valence-corrected chi connectivity index (χ1v) is 15.7. The summed E-state index contributed by atoms with van der Waals surface area (Å²) in [6.45, 7) is 31.6. The van der Waals surface area contributed by atoms with E-state index in [1.165, 1.54) is 39.0 Å². The van der Waals surface area contributed by atoms with Gasteiger partial charge in [-0.1, -0.05) is 142 Å². The Morgan fingerprint density at radius 3 is 1.82 bits per heavy atom. The summed E-state index contributed by atoms with van der Waals surface area (Å²) in [5, 5.41) is 19.6. The Morgan fingerprint density at radius 1 is 0.800 bits per heavy atom. The third-order valence-electron chi connectivity index (χ3n) is 8.24. The Labute approximate surface area is 249 Å². The van der Waals surface area contributed by atoms with Gasteiger partial charge in [0, 0.05) is 0 Å². The maximum Gasteiger partial charge on any atom is 0.0799 e. The minimum Gasteiger partial charge on any atom is -0.394 e. The zero-order chi connectivity index (χ0) is 31.6.